The van der Waals surface area contributed by atoms with Crippen molar-refractivity contribution in [1.29, 1.82) is 0 Å². The van der Waals surface area contributed by atoms with Crippen LogP contribution in [0, 0.1) is 6.92 Å². The van der Waals surface area contributed by atoms with Crippen molar-refractivity contribution < 1.29 is 4.74 Å². The maximum atomic E-state index is 11.3. The molecule has 1 unspecified atom stereocenters. The smallest absolute Gasteiger partial charge is 0.255 e. The molecule has 0 spiro atoms. The number of H-pyrrole nitrogens is 1. The van der Waals surface area contributed by atoms with Crippen LogP contribution in [0.15, 0.2) is 10.9 Å². The minimum absolute atomic E-state index is 0.00523. The second-order valence-corrected chi connectivity index (χ2v) is 3.26. The largest absolute Gasteiger partial charge is 0.490 e. The van der Waals surface area contributed by atoms with Crippen LogP contribution in [0.5, 0.6) is 5.75 Å². The molecule has 0 amide bonds. The normalized spacial score (nSPS) is 20.3. The Labute approximate surface area is 70.4 Å². The zero-order valence-corrected chi connectivity index (χ0v) is 7.18. The summed E-state index contributed by atoms with van der Waals surface area (Å²) >= 11 is 0. The fraction of sp³-hybridized carbons (Fsp3) is 0.444. The third-order valence-corrected chi connectivity index (χ3v) is 2.05. The van der Waals surface area contributed by atoms with Crippen LogP contribution in [0.1, 0.15) is 18.2 Å². The molecule has 1 aliphatic rings. The Morgan fingerprint density at radius 1 is 1.67 bits per heavy atom. The van der Waals surface area contributed by atoms with Gasteiger partial charge in [0.15, 0.2) is 0 Å². The Morgan fingerprint density at radius 3 is 3.17 bits per heavy atom. The average Bonchev–Trinajstić information content (AvgIpc) is 2.29. The fourth-order valence-electron chi connectivity index (χ4n) is 1.53. The minimum Gasteiger partial charge on any atom is -0.490 e. The van der Waals surface area contributed by atoms with E-state index in [2.05, 4.69) is 4.98 Å². The van der Waals surface area contributed by atoms with E-state index in [4.69, 9.17) is 4.74 Å². The van der Waals surface area contributed by atoms with E-state index < -0.39 is 0 Å². The Balaban J connectivity index is 2.60. The predicted octanol–water partition coefficient (Wildman–Crippen LogP) is 1.01. The van der Waals surface area contributed by atoms with E-state index in [1.54, 1.807) is 0 Å². The average molecular weight is 165 g/mol. The van der Waals surface area contributed by atoms with Crippen molar-refractivity contribution in [2.45, 2.75) is 26.4 Å². The van der Waals surface area contributed by atoms with Gasteiger partial charge in [-0.2, -0.15) is 0 Å². The molecule has 3 heteroatoms. The number of hydrogen-bond acceptors (Lipinski definition) is 2. The van der Waals surface area contributed by atoms with Gasteiger partial charge in [0.05, 0.1) is 5.56 Å². The molecule has 1 aromatic rings. The van der Waals surface area contributed by atoms with Gasteiger partial charge in [0.25, 0.3) is 5.56 Å². The van der Waals surface area contributed by atoms with Crippen molar-refractivity contribution in [2.24, 2.45) is 0 Å². The molecule has 1 N–H and O–H groups in total. The van der Waals surface area contributed by atoms with Crippen LogP contribution in [0.4, 0.5) is 0 Å². The number of aromatic amines is 1. The van der Waals surface area contributed by atoms with Gasteiger partial charge in [-0.05, 0) is 19.9 Å². The zero-order chi connectivity index (χ0) is 8.72. The summed E-state index contributed by atoms with van der Waals surface area (Å²) in [6.45, 7) is 3.82. The highest BCUT2D eigenvalue weighted by Gasteiger charge is 2.21. The van der Waals surface area contributed by atoms with Gasteiger partial charge in [-0.3, -0.25) is 4.79 Å². The van der Waals surface area contributed by atoms with Crippen LogP contribution in [0.25, 0.3) is 0 Å². The quantitative estimate of drug-likeness (QED) is 0.623. The van der Waals surface area contributed by atoms with Gasteiger partial charge in [0.2, 0.25) is 0 Å². The lowest BCUT2D eigenvalue weighted by atomic mass is 10.1. The van der Waals surface area contributed by atoms with E-state index in [1.807, 2.05) is 19.9 Å². The molecule has 12 heavy (non-hydrogen) atoms. The molecule has 0 saturated heterocycles. The Bertz CT molecular complexity index is 367. The summed E-state index contributed by atoms with van der Waals surface area (Å²) in [5, 5.41) is 0. The van der Waals surface area contributed by atoms with Gasteiger partial charge >= 0.3 is 0 Å². The molecule has 0 aromatic carbocycles. The molecule has 0 aliphatic carbocycles. The third-order valence-electron chi connectivity index (χ3n) is 2.05. The van der Waals surface area contributed by atoms with Gasteiger partial charge in [0, 0.05) is 12.1 Å². The highest BCUT2D eigenvalue weighted by Crippen LogP contribution is 2.25. The molecular formula is C9H11NO2. The summed E-state index contributed by atoms with van der Waals surface area (Å²) in [5.41, 5.74) is 1.63. The van der Waals surface area contributed by atoms with Gasteiger partial charge in [-0.25, -0.2) is 0 Å². The molecule has 64 valence electrons. The van der Waals surface area contributed by atoms with Crippen LogP contribution in [-0.4, -0.2) is 11.1 Å². The second kappa shape index (κ2) is 2.37. The van der Waals surface area contributed by atoms with Crippen LogP contribution < -0.4 is 10.3 Å². The molecule has 1 atom stereocenters. The lowest BCUT2D eigenvalue weighted by Crippen LogP contribution is -2.12. The van der Waals surface area contributed by atoms with E-state index in [1.165, 1.54) is 0 Å². The number of fused-ring (bicyclic) bond motifs is 1. The number of ether oxygens (including phenoxy) is 1. The number of rotatable bonds is 0. The summed E-state index contributed by atoms with van der Waals surface area (Å²) in [5.74, 6) is 0.753. The zero-order valence-electron chi connectivity index (χ0n) is 7.18. The number of aromatic nitrogens is 1. The summed E-state index contributed by atoms with van der Waals surface area (Å²) in [4.78, 5) is 14.1. The molecule has 0 radical (unpaired) electrons. The Kier molecular flexibility index (Phi) is 1.46. The summed E-state index contributed by atoms with van der Waals surface area (Å²) < 4.78 is 5.45. The molecular weight excluding hydrogens is 154 g/mol. The van der Waals surface area contributed by atoms with Crippen LogP contribution in [0.3, 0.4) is 0 Å². The Hall–Kier alpha value is -1.25. The van der Waals surface area contributed by atoms with E-state index in [0.717, 1.165) is 23.4 Å². The van der Waals surface area contributed by atoms with Crippen LogP contribution in [0.2, 0.25) is 0 Å². The predicted molar refractivity (Wildman–Crippen MR) is 45.6 cm³/mol. The topological polar surface area (TPSA) is 42.1 Å². The van der Waals surface area contributed by atoms with Crippen molar-refractivity contribution in [3.8, 4) is 5.75 Å². The first-order valence-corrected chi connectivity index (χ1v) is 4.06. The maximum Gasteiger partial charge on any atom is 0.255 e. The SMILES string of the molecule is Cc1cc2c(c(=O)[nH]1)CC(C)O2. The van der Waals surface area contributed by atoms with Crippen molar-refractivity contribution >= 4 is 0 Å². The molecule has 1 aromatic heterocycles. The lowest BCUT2D eigenvalue weighted by Gasteiger charge is -2.01. The summed E-state index contributed by atoms with van der Waals surface area (Å²) in [6, 6.07) is 1.88. The number of hydrogen-bond donors (Lipinski definition) is 1. The van der Waals surface area contributed by atoms with Crippen molar-refractivity contribution in [3.63, 3.8) is 0 Å². The number of aryl methyl sites for hydroxylation is 1. The maximum absolute atomic E-state index is 11.3. The fourth-order valence-corrected chi connectivity index (χ4v) is 1.53. The van der Waals surface area contributed by atoms with Crippen LogP contribution >= 0.6 is 0 Å². The van der Waals surface area contributed by atoms with Crippen molar-refractivity contribution in [3.05, 3.63) is 27.7 Å². The van der Waals surface area contributed by atoms with Crippen molar-refractivity contribution in [2.75, 3.05) is 0 Å². The Morgan fingerprint density at radius 2 is 2.42 bits per heavy atom. The first kappa shape index (κ1) is 7.40. The van der Waals surface area contributed by atoms with E-state index >= 15 is 0 Å². The van der Waals surface area contributed by atoms with E-state index in [9.17, 15) is 4.79 Å². The van der Waals surface area contributed by atoms with E-state index in [0.29, 0.717) is 0 Å². The second-order valence-electron chi connectivity index (χ2n) is 3.26. The van der Waals surface area contributed by atoms with Gasteiger partial charge in [0.1, 0.15) is 11.9 Å². The third kappa shape index (κ3) is 1.02. The molecule has 3 nitrogen and oxygen atoms in total. The summed E-state index contributed by atoms with van der Waals surface area (Å²) in [6.07, 6.45) is 0.869. The van der Waals surface area contributed by atoms with Gasteiger partial charge in [-0.15, -0.1) is 0 Å². The number of nitrogens with one attached hydrogen (secondary N) is 1. The standard InChI is InChI=1S/C9H11NO2/c1-5-3-8-7(9(11)10-5)4-6(2)12-8/h3,6H,4H2,1-2H3,(H,10,11). The minimum atomic E-state index is -0.00523. The molecule has 1 aliphatic heterocycles. The number of pyridine rings is 1. The molecule has 0 saturated carbocycles. The first-order chi connectivity index (χ1) is 5.66. The molecule has 0 bridgehead atoms. The summed E-state index contributed by atoms with van der Waals surface area (Å²) in [7, 11) is 0. The molecule has 2 rings (SSSR count). The van der Waals surface area contributed by atoms with E-state index in [-0.39, 0.29) is 11.7 Å². The van der Waals surface area contributed by atoms with Crippen LogP contribution in [-0.2, 0) is 6.42 Å². The van der Waals surface area contributed by atoms with Crippen molar-refractivity contribution in [1.82, 2.24) is 4.98 Å². The monoisotopic (exact) mass is 165 g/mol. The van der Waals surface area contributed by atoms with Gasteiger partial charge < -0.3 is 9.72 Å². The first-order valence-electron chi connectivity index (χ1n) is 4.06. The molecule has 2 heterocycles. The van der Waals surface area contributed by atoms with Gasteiger partial charge in [-0.1, -0.05) is 0 Å². The molecule has 0 fully saturated rings. The lowest BCUT2D eigenvalue weighted by molar-refractivity contribution is 0.254. The highest BCUT2D eigenvalue weighted by molar-refractivity contribution is 5.36. The highest BCUT2D eigenvalue weighted by atomic mass is 16.5.